The van der Waals surface area contributed by atoms with Crippen molar-refractivity contribution in [1.82, 2.24) is 10.2 Å². The van der Waals surface area contributed by atoms with Crippen LogP contribution in [0.5, 0.6) is 5.75 Å². The molecule has 1 fully saturated rings. The van der Waals surface area contributed by atoms with E-state index >= 15 is 0 Å². The molecule has 104 valence electrons. The first-order valence-electron chi connectivity index (χ1n) is 6.52. The van der Waals surface area contributed by atoms with Crippen molar-refractivity contribution in [1.29, 1.82) is 0 Å². The summed E-state index contributed by atoms with van der Waals surface area (Å²) in [7, 11) is 1.78. The number of rotatable bonds is 3. The number of halogens is 1. The Hall–Kier alpha value is -1.26. The van der Waals surface area contributed by atoms with Gasteiger partial charge in [0.15, 0.2) is 0 Å². The van der Waals surface area contributed by atoms with Crippen LogP contribution in [0.4, 0.5) is 0 Å². The first kappa shape index (κ1) is 14.2. The molecule has 1 aliphatic heterocycles. The largest absolute Gasteiger partial charge is 0.508 e. The first-order valence-corrected chi connectivity index (χ1v) is 6.90. The first-order chi connectivity index (χ1) is 9.08. The summed E-state index contributed by atoms with van der Waals surface area (Å²) in [5.74, 6) is 0.453. The SMILES string of the molecule is CN(CC1CCNCC1)C(=O)c1cc(O)ccc1Cl. The number of phenols is 1. The van der Waals surface area contributed by atoms with E-state index in [0.29, 0.717) is 16.5 Å². The Morgan fingerprint density at radius 2 is 2.16 bits per heavy atom. The Bertz CT molecular complexity index is 459. The minimum Gasteiger partial charge on any atom is -0.508 e. The second-order valence-electron chi connectivity index (χ2n) is 5.04. The number of amides is 1. The third-order valence-electron chi connectivity index (χ3n) is 3.52. The Balaban J connectivity index is 2.03. The van der Waals surface area contributed by atoms with E-state index in [1.807, 2.05) is 0 Å². The number of hydrogen-bond donors (Lipinski definition) is 2. The van der Waals surface area contributed by atoms with E-state index in [0.717, 1.165) is 32.5 Å². The van der Waals surface area contributed by atoms with E-state index < -0.39 is 0 Å². The number of benzene rings is 1. The Labute approximate surface area is 118 Å². The van der Waals surface area contributed by atoms with Crippen LogP contribution in [0.25, 0.3) is 0 Å². The molecule has 1 aliphatic rings. The van der Waals surface area contributed by atoms with Gasteiger partial charge >= 0.3 is 0 Å². The number of piperidine rings is 1. The lowest BCUT2D eigenvalue weighted by atomic mass is 9.97. The van der Waals surface area contributed by atoms with Gasteiger partial charge in [0.1, 0.15) is 5.75 Å². The summed E-state index contributed by atoms with van der Waals surface area (Å²) in [4.78, 5) is 14.0. The lowest BCUT2D eigenvalue weighted by Gasteiger charge is -2.27. The minimum absolute atomic E-state index is 0.0583. The van der Waals surface area contributed by atoms with Crippen molar-refractivity contribution in [2.75, 3.05) is 26.7 Å². The standard InChI is InChI=1S/C14H19ClN2O2/c1-17(9-10-4-6-16-7-5-10)14(19)12-8-11(18)2-3-13(12)15/h2-3,8,10,16,18H,4-7,9H2,1H3. The summed E-state index contributed by atoms with van der Waals surface area (Å²) in [6.07, 6.45) is 2.18. The van der Waals surface area contributed by atoms with E-state index in [4.69, 9.17) is 11.6 Å². The summed E-state index contributed by atoms with van der Waals surface area (Å²) in [5.41, 5.74) is 0.359. The molecule has 1 saturated heterocycles. The zero-order valence-electron chi connectivity index (χ0n) is 11.0. The lowest BCUT2D eigenvalue weighted by Crippen LogP contribution is -2.37. The van der Waals surface area contributed by atoms with Crippen LogP contribution in [-0.2, 0) is 0 Å². The maximum Gasteiger partial charge on any atom is 0.255 e. The van der Waals surface area contributed by atoms with Gasteiger partial charge in [0.25, 0.3) is 5.91 Å². The van der Waals surface area contributed by atoms with Crippen LogP contribution in [0.3, 0.4) is 0 Å². The number of nitrogens with one attached hydrogen (secondary N) is 1. The fraction of sp³-hybridized carbons (Fsp3) is 0.500. The van der Waals surface area contributed by atoms with Crippen molar-refractivity contribution in [2.24, 2.45) is 5.92 Å². The van der Waals surface area contributed by atoms with Crippen molar-refractivity contribution in [3.8, 4) is 5.75 Å². The average molecular weight is 283 g/mol. The molecule has 0 saturated carbocycles. The second kappa shape index (κ2) is 6.26. The lowest BCUT2D eigenvalue weighted by molar-refractivity contribution is 0.0762. The summed E-state index contributed by atoms with van der Waals surface area (Å²) >= 11 is 6.01. The Morgan fingerprint density at radius 3 is 2.84 bits per heavy atom. The number of nitrogens with zero attached hydrogens (tertiary/aromatic N) is 1. The van der Waals surface area contributed by atoms with Crippen molar-refractivity contribution in [3.05, 3.63) is 28.8 Å². The summed E-state index contributed by atoms with van der Waals surface area (Å²) in [6.45, 7) is 2.76. The number of phenolic OH excluding ortho intramolecular Hbond substituents is 1. The fourth-order valence-corrected chi connectivity index (χ4v) is 2.62. The molecule has 1 aromatic carbocycles. The van der Waals surface area contributed by atoms with Gasteiger partial charge in [-0.2, -0.15) is 0 Å². The van der Waals surface area contributed by atoms with E-state index in [2.05, 4.69) is 5.32 Å². The highest BCUT2D eigenvalue weighted by molar-refractivity contribution is 6.33. The topological polar surface area (TPSA) is 52.6 Å². The van der Waals surface area contributed by atoms with Crippen LogP contribution in [0.1, 0.15) is 23.2 Å². The monoisotopic (exact) mass is 282 g/mol. The minimum atomic E-state index is -0.139. The van der Waals surface area contributed by atoms with Crippen molar-refractivity contribution < 1.29 is 9.90 Å². The third kappa shape index (κ3) is 3.61. The van der Waals surface area contributed by atoms with Crippen molar-refractivity contribution in [2.45, 2.75) is 12.8 Å². The van der Waals surface area contributed by atoms with E-state index in [1.54, 1.807) is 18.0 Å². The van der Waals surface area contributed by atoms with Crippen LogP contribution in [0.15, 0.2) is 18.2 Å². The molecule has 2 N–H and O–H groups in total. The van der Waals surface area contributed by atoms with Gasteiger partial charge in [0, 0.05) is 13.6 Å². The van der Waals surface area contributed by atoms with Crippen LogP contribution in [-0.4, -0.2) is 42.6 Å². The van der Waals surface area contributed by atoms with Gasteiger partial charge in [-0.05, 0) is 50.0 Å². The molecule has 1 aromatic rings. The molecule has 4 nitrogen and oxygen atoms in total. The predicted octanol–water partition coefficient (Wildman–Crippen LogP) is 2.12. The molecular formula is C14H19ClN2O2. The number of carbonyl (C=O) groups excluding carboxylic acids is 1. The molecule has 1 heterocycles. The number of carbonyl (C=O) groups is 1. The smallest absolute Gasteiger partial charge is 0.255 e. The van der Waals surface area contributed by atoms with E-state index in [9.17, 15) is 9.90 Å². The second-order valence-corrected chi connectivity index (χ2v) is 5.45. The highest BCUT2D eigenvalue weighted by Gasteiger charge is 2.20. The van der Waals surface area contributed by atoms with Crippen LogP contribution in [0.2, 0.25) is 5.02 Å². The van der Waals surface area contributed by atoms with E-state index in [1.165, 1.54) is 12.1 Å². The third-order valence-corrected chi connectivity index (χ3v) is 3.85. The van der Waals surface area contributed by atoms with Crippen LogP contribution in [0, 0.1) is 5.92 Å². The zero-order valence-corrected chi connectivity index (χ0v) is 11.8. The van der Waals surface area contributed by atoms with Gasteiger partial charge in [0.2, 0.25) is 0 Å². The van der Waals surface area contributed by atoms with Gasteiger partial charge < -0.3 is 15.3 Å². The molecule has 0 aromatic heterocycles. The number of hydrogen-bond acceptors (Lipinski definition) is 3. The van der Waals surface area contributed by atoms with Gasteiger partial charge in [-0.25, -0.2) is 0 Å². The zero-order chi connectivity index (χ0) is 13.8. The molecule has 0 unspecified atom stereocenters. The highest BCUT2D eigenvalue weighted by atomic mass is 35.5. The Kier molecular flexibility index (Phi) is 4.66. The molecular weight excluding hydrogens is 264 g/mol. The molecule has 5 heteroatoms. The molecule has 1 amide bonds. The van der Waals surface area contributed by atoms with Crippen LogP contribution < -0.4 is 5.32 Å². The van der Waals surface area contributed by atoms with Crippen molar-refractivity contribution in [3.63, 3.8) is 0 Å². The molecule has 0 bridgehead atoms. The molecule has 0 aliphatic carbocycles. The Morgan fingerprint density at radius 1 is 1.47 bits per heavy atom. The molecule has 0 radical (unpaired) electrons. The van der Waals surface area contributed by atoms with Gasteiger partial charge in [-0.3, -0.25) is 4.79 Å². The predicted molar refractivity (Wildman–Crippen MR) is 75.7 cm³/mol. The van der Waals surface area contributed by atoms with E-state index in [-0.39, 0.29) is 11.7 Å². The summed E-state index contributed by atoms with van der Waals surface area (Å²) < 4.78 is 0. The molecule has 0 spiro atoms. The fourth-order valence-electron chi connectivity index (χ4n) is 2.42. The maximum atomic E-state index is 12.3. The quantitative estimate of drug-likeness (QED) is 0.893. The summed E-state index contributed by atoms with van der Waals surface area (Å²) in [5, 5.41) is 13.1. The average Bonchev–Trinajstić information content (AvgIpc) is 2.42. The molecule has 2 rings (SSSR count). The highest BCUT2D eigenvalue weighted by Crippen LogP contribution is 2.23. The molecule has 19 heavy (non-hydrogen) atoms. The van der Waals surface area contributed by atoms with Gasteiger partial charge in [0.05, 0.1) is 10.6 Å². The van der Waals surface area contributed by atoms with Gasteiger partial charge in [-0.1, -0.05) is 11.6 Å². The van der Waals surface area contributed by atoms with Crippen molar-refractivity contribution >= 4 is 17.5 Å². The maximum absolute atomic E-state index is 12.3. The normalized spacial score (nSPS) is 16.3. The molecule has 0 atom stereocenters. The van der Waals surface area contributed by atoms with Crippen LogP contribution >= 0.6 is 11.6 Å². The van der Waals surface area contributed by atoms with Gasteiger partial charge in [-0.15, -0.1) is 0 Å². The summed E-state index contributed by atoms with van der Waals surface area (Å²) in [6, 6.07) is 4.44. The number of aromatic hydroxyl groups is 1.